The number of rotatable bonds is 10. The van der Waals surface area contributed by atoms with Gasteiger partial charge in [0, 0.05) is 66.9 Å². The largest absolute Gasteiger partial charge is 0.313 e. The third kappa shape index (κ3) is 7.25. The molecule has 0 amide bonds. The van der Waals surface area contributed by atoms with E-state index in [1.807, 2.05) is 0 Å². The van der Waals surface area contributed by atoms with Crippen LogP contribution in [0.5, 0.6) is 0 Å². The molecule has 0 spiro atoms. The summed E-state index contributed by atoms with van der Waals surface area (Å²) in [4.78, 5) is 4.69. The lowest BCUT2D eigenvalue weighted by molar-refractivity contribution is 0.945. The van der Waals surface area contributed by atoms with E-state index in [2.05, 4.69) is 269 Å². The van der Waals surface area contributed by atoms with E-state index in [0.29, 0.717) is 0 Å². The third-order valence-electron chi connectivity index (χ3n) is 12.6. The molecule has 65 heavy (non-hydrogen) atoms. The number of hydrogen-bond donors (Lipinski definition) is 0. The molecule has 8 aromatic carbocycles. The van der Waals surface area contributed by atoms with Crippen molar-refractivity contribution in [2.75, 3.05) is 9.80 Å². The number of hydrogen-bond acceptors (Lipinski definition) is 2. The van der Waals surface area contributed by atoms with Crippen LogP contribution in [0, 0.1) is 0 Å². The van der Waals surface area contributed by atoms with Gasteiger partial charge in [0.15, 0.2) is 0 Å². The Morgan fingerprint density at radius 2 is 0.969 bits per heavy atom. The molecule has 0 saturated carbocycles. The van der Waals surface area contributed by atoms with Crippen molar-refractivity contribution in [3.05, 3.63) is 241 Å². The quantitative estimate of drug-likeness (QED) is 0.136. The van der Waals surface area contributed by atoms with Gasteiger partial charge in [0.25, 0.3) is 0 Å². The maximum absolute atomic E-state index is 4.64. The summed E-state index contributed by atoms with van der Waals surface area (Å²) in [5.41, 5.74) is 14.9. The summed E-state index contributed by atoms with van der Waals surface area (Å²) in [5, 5.41) is 5.75. The van der Waals surface area contributed by atoms with E-state index in [1.165, 1.54) is 33.0 Å². The molecule has 0 fully saturated rings. The van der Waals surface area contributed by atoms with Gasteiger partial charge >= 0.3 is 0 Å². The Labute approximate surface area is 380 Å². The number of aromatic nitrogens is 2. The zero-order valence-electron chi connectivity index (χ0n) is 36.4. The maximum Gasteiger partial charge on any atom is 0.0542 e. The molecule has 0 radical (unpaired) electrons. The number of benzene rings is 8. The fourth-order valence-electron chi connectivity index (χ4n) is 9.56. The van der Waals surface area contributed by atoms with E-state index in [4.69, 9.17) is 0 Å². The number of nitrogens with zero attached hydrogens (tertiary/aromatic N) is 4. The highest BCUT2D eigenvalue weighted by molar-refractivity contribution is 6.10. The van der Waals surface area contributed by atoms with Gasteiger partial charge in [-0.3, -0.25) is 0 Å². The molecular formula is C61H48N4. The molecule has 0 aliphatic heterocycles. The summed E-state index contributed by atoms with van der Waals surface area (Å²) in [7, 11) is 0. The summed E-state index contributed by atoms with van der Waals surface area (Å²) < 4.78 is 4.76. The second-order valence-corrected chi connectivity index (χ2v) is 16.5. The average molecular weight is 837 g/mol. The van der Waals surface area contributed by atoms with Crippen molar-refractivity contribution in [1.82, 2.24) is 9.13 Å². The number of anilines is 6. The van der Waals surface area contributed by atoms with Gasteiger partial charge in [0.2, 0.25) is 0 Å². The number of fused-ring (bicyclic) bond motifs is 4. The molecule has 4 nitrogen and oxygen atoms in total. The fraction of sp³-hybridized carbons (Fsp3) is 0.0492. The lowest BCUT2D eigenvalue weighted by Gasteiger charge is -2.26. The Kier molecular flexibility index (Phi) is 10.4. The topological polar surface area (TPSA) is 16.3 Å². The van der Waals surface area contributed by atoms with Gasteiger partial charge in [-0.1, -0.05) is 128 Å². The van der Waals surface area contributed by atoms with Crippen LogP contribution in [0.4, 0.5) is 34.1 Å². The first-order valence-electron chi connectivity index (χ1n) is 22.5. The predicted molar refractivity (Wildman–Crippen MR) is 278 cm³/mol. The molecule has 11 rings (SSSR count). The van der Waals surface area contributed by atoms with Gasteiger partial charge in [-0.25, -0.2) is 0 Å². The van der Waals surface area contributed by atoms with Crippen molar-refractivity contribution in [1.29, 1.82) is 0 Å². The lowest BCUT2D eigenvalue weighted by atomic mass is 10.0. The van der Waals surface area contributed by atoms with Gasteiger partial charge in [0.05, 0.1) is 21.9 Å². The normalized spacial score (nSPS) is 13.0. The molecule has 0 saturated heterocycles. The second kappa shape index (κ2) is 17.1. The Morgan fingerprint density at radius 3 is 1.54 bits per heavy atom. The van der Waals surface area contributed by atoms with Crippen molar-refractivity contribution in [2.45, 2.75) is 19.8 Å². The SMILES string of the molecule is C=c1/c(=C\C=C/C)n(C2=CC=CCC2)c2ccc(N(c3ccccc3)c3ccc(-c4ccc(N(c5ccccc5)c5ccc6c(c5)c5ccccc5n6-c5ccccc5)cc4)cc3)cc12. The summed E-state index contributed by atoms with van der Waals surface area (Å²) in [6.07, 6.45) is 15.0. The smallest absolute Gasteiger partial charge is 0.0542 e. The Hall–Kier alpha value is -8.34. The average Bonchev–Trinajstić information content (AvgIpc) is 3.85. The Balaban J connectivity index is 0.948. The minimum atomic E-state index is 0.993. The van der Waals surface area contributed by atoms with E-state index in [-0.39, 0.29) is 0 Å². The summed E-state index contributed by atoms with van der Waals surface area (Å²) >= 11 is 0. The van der Waals surface area contributed by atoms with Gasteiger partial charge in [-0.15, -0.1) is 0 Å². The Bertz CT molecular complexity index is 3540. The molecule has 2 heterocycles. The second-order valence-electron chi connectivity index (χ2n) is 16.5. The third-order valence-corrected chi connectivity index (χ3v) is 12.6. The van der Waals surface area contributed by atoms with Crippen LogP contribution in [-0.4, -0.2) is 9.13 Å². The first-order chi connectivity index (χ1) is 32.1. The molecule has 0 unspecified atom stereocenters. The maximum atomic E-state index is 4.64. The molecule has 312 valence electrons. The molecule has 4 heteroatoms. The first-order valence-corrected chi connectivity index (χ1v) is 22.5. The molecule has 0 bridgehead atoms. The first kappa shape index (κ1) is 39.5. The van der Waals surface area contributed by atoms with Crippen LogP contribution in [0.2, 0.25) is 0 Å². The van der Waals surface area contributed by atoms with Crippen LogP contribution >= 0.6 is 0 Å². The molecule has 1 aliphatic carbocycles. The van der Waals surface area contributed by atoms with E-state index >= 15 is 0 Å². The number of para-hydroxylation sites is 4. The van der Waals surface area contributed by atoms with Gasteiger partial charge in [-0.2, -0.15) is 0 Å². The van der Waals surface area contributed by atoms with Crippen LogP contribution in [-0.2, 0) is 0 Å². The highest BCUT2D eigenvalue weighted by Gasteiger charge is 2.19. The fourth-order valence-corrected chi connectivity index (χ4v) is 9.56. The van der Waals surface area contributed by atoms with Crippen LogP contribution in [0.15, 0.2) is 231 Å². The number of allylic oxidation sites excluding steroid dienone is 6. The summed E-state index contributed by atoms with van der Waals surface area (Å²) in [6, 6.07) is 72.2. The minimum absolute atomic E-state index is 0.993. The monoisotopic (exact) mass is 836 g/mol. The van der Waals surface area contributed by atoms with Gasteiger partial charge in [-0.05, 0) is 146 Å². The van der Waals surface area contributed by atoms with E-state index in [9.17, 15) is 0 Å². The summed E-state index contributed by atoms with van der Waals surface area (Å²) in [6.45, 7) is 6.70. The van der Waals surface area contributed by atoms with E-state index in [0.717, 1.165) is 79.7 Å². The van der Waals surface area contributed by atoms with Crippen LogP contribution in [0.1, 0.15) is 19.8 Å². The van der Waals surface area contributed by atoms with E-state index < -0.39 is 0 Å². The standard InChI is InChI=1S/C61H48N4/c1-3-4-28-58-44(2)56-42-53(38-40-60(56)64(58)49-23-13-7-14-24-49)62(47-19-9-5-10-20-47)51-34-30-45(31-35-51)46-32-36-52(37-33-46)63(48-21-11-6-12-22-48)54-39-41-61-57(43-54)55-27-17-18-29-59(55)65(61)50-25-15-8-16-26-50/h3-13,15-23,25-43H,2,14,24H2,1H3/b4-3-,58-28+. The zero-order chi connectivity index (χ0) is 43.7. The van der Waals surface area contributed by atoms with Gasteiger partial charge < -0.3 is 18.9 Å². The van der Waals surface area contributed by atoms with Crippen molar-refractivity contribution < 1.29 is 0 Å². The highest BCUT2D eigenvalue weighted by Crippen LogP contribution is 2.41. The van der Waals surface area contributed by atoms with Crippen molar-refractivity contribution in [2.24, 2.45) is 0 Å². The molecule has 1 aliphatic rings. The van der Waals surface area contributed by atoms with Crippen LogP contribution in [0.3, 0.4) is 0 Å². The van der Waals surface area contributed by atoms with Crippen molar-refractivity contribution in [3.63, 3.8) is 0 Å². The minimum Gasteiger partial charge on any atom is -0.313 e. The van der Waals surface area contributed by atoms with Crippen LogP contribution < -0.4 is 20.4 Å². The predicted octanol–water partition coefficient (Wildman–Crippen LogP) is 15.3. The highest BCUT2D eigenvalue weighted by atomic mass is 15.1. The molecular weight excluding hydrogens is 789 g/mol. The van der Waals surface area contributed by atoms with Crippen molar-refractivity contribution in [3.8, 4) is 16.8 Å². The zero-order valence-corrected chi connectivity index (χ0v) is 36.4. The van der Waals surface area contributed by atoms with Crippen molar-refractivity contribution >= 4 is 85.2 Å². The molecule has 0 atom stereocenters. The lowest BCUT2D eigenvalue weighted by Crippen LogP contribution is -2.27. The Morgan fingerprint density at radius 1 is 0.477 bits per heavy atom. The van der Waals surface area contributed by atoms with Crippen LogP contribution in [0.25, 0.3) is 67.9 Å². The van der Waals surface area contributed by atoms with E-state index in [1.54, 1.807) is 0 Å². The molecule has 10 aromatic rings. The van der Waals surface area contributed by atoms with Gasteiger partial charge in [0.1, 0.15) is 0 Å². The summed E-state index contributed by atoms with van der Waals surface area (Å²) in [5.74, 6) is 0. The molecule has 0 N–H and O–H groups in total. The molecule has 2 aromatic heterocycles.